The number of methoxy groups -OCH3 is 1. The summed E-state index contributed by atoms with van der Waals surface area (Å²) in [5.74, 6) is -0.0609. The first-order valence-electron chi connectivity index (χ1n) is 7.33. The van der Waals surface area contributed by atoms with Gasteiger partial charge in [0.05, 0.1) is 7.11 Å². The molecule has 1 saturated carbocycles. The summed E-state index contributed by atoms with van der Waals surface area (Å²) >= 11 is 0. The third kappa shape index (κ3) is 3.70. The van der Waals surface area contributed by atoms with Gasteiger partial charge in [-0.2, -0.15) is 0 Å². The lowest BCUT2D eigenvalue weighted by Crippen LogP contribution is -2.38. The maximum absolute atomic E-state index is 13.6. The van der Waals surface area contributed by atoms with Crippen molar-refractivity contribution >= 4 is 0 Å². The molecule has 0 spiro atoms. The number of aliphatic hydroxyl groups excluding tert-OH is 1. The number of halogens is 1. The molecule has 1 fully saturated rings. The van der Waals surface area contributed by atoms with Crippen LogP contribution in [0.3, 0.4) is 0 Å². The van der Waals surface area contributed by atoms with E-state index in [9.17, 15) is 9.50 Å². The number of benzene rings is 1. The predicted octanol–water partition coefficient (Wildman–Crippen LogP) is 2.87. The van der Waals surface area contributed by atoms with Crippen LogP contribution in [0.25, 0.3) is 0 Å². The van der Waals surface area contributed by atoms with E-state index in [0.717, 1.165) is 24.9 Å². The third-order valence-electron chi connectivity index (χ3n) is 4.29. The Morgan fingerprint density at radius 2 is 2.05 bits per heavy atom. The number of aliphatic hydroxyl groups is 1. The summed E-state index contributed by atoms with van der Waals surface area (Å²) < 4.78 is 18.5. The van der Waals surface area contributed by atoms with Crippen LogP contribution in [-0.4, -0.2) is 25.4 Å². The van der Waals surface area contributed by atoms with Crippen molar-refractivity contribution in [3.8, 4) is 5.75 Å². The largest absolute Gasteiger partial charge is 0.494 e. The molecule has 4 heteroatoms. The highest BCUT2D eigenvalue weighted by atomic mass is 19.1. The minimum absolute atomic E-state index is 0.0171. The van der Waals surface area contributed by atoms with Gasteiger partial charge >= 0.3 is 0 Å². The zero-order valence-corrected chi connectivity index (χ0v) is 12.1. The molecule has 0 saturated heterocycles. The van der Waals surface area contributed by atoms with Crippen LogP contribution in [0.15, 0.2) is 18.2 Å². The van der Waals surface area contributed by atoms with Crippen LogP contribution in [-0.2, 0) is 6.54 Å². The molecule has 1 aliphatic rings. The van der Waals surface area contributed by atoms with Crippen molar-refractivity contribution in [3.05, 3.63) is 29.6 Å². The van der Waals surface area contributed by atoms with Crippen LogP contribution in [0.5, 0.6) is 5.75 Å². The smallest absolute Gasteiger partial charge is 0.165 e. The average molecular weight is 281 g/mol. The molecule has 0 radical (unpaired) electrons. The van der Waals surface area contributed by atoms with E-state index in [1.165, 1.54) is 32.4 Å². The maximum atomic E-state index is 13.6. The molecule has 2 N–H and O–H groups in total. The van der Waals surface area contributed by atoms with E-state index in [2.05, 4.69) is 5.32 Å². The van der Waals surface area contributed by atoms with Crippen molar-refractivity contribution in [3.63, 3.8) is 0 Å². The zero-order valence-electron chi connectivity index (χ0n) is 12.1. The molecular formula is C16H24FNO2. The molecule has 1 aliphatic carbocycles. The Kier molecular flexibility index (Phi) is 5.38. The molecule has 0 amide bonds. The highest BCUT2D eigenvalue weighted by molar-refractivity contribution is 5.29. The van der Waals surface area contributed by atoms with Crippen LogP contribution in [0.4, 0.5) is 4.39 Å². The van der Waals surface area contributed by atoms with E-state index < -0.39 is 0 Å². The molecule has 0 bridgehead atoms. The van der Waals surface area contributed by atoms with Gasteiger partial charge in [-0.3, -0.25) is 0 Å². The van der Waals surface area contributed by atoms with Gasteiger partial charge < -0.3 is 15.2 Å². The first-order chi connectivity index (χ1) is 9.69. The van der Waals surface area contributed by atoms with Crippen LogP contribution in [0.2, 0.25) is 0 Å². The van der Waals surface area contributed by atoms with E-state index in [1.807, 2.05) is 6.07 Å². The Bertz CT molecular complexity index is 430. The molecule has 0 unspecified atom stereocenters. The zero-order chi connectivity index (χ0) is 14.4. The summed E-state index contributed by atoms with van der Waals surface area (Å²) in [4.78, 5) is 0. The number of rotatable bonds is 6. The van der Waals surface area contributed by atoms with Crippen molar-refractivity contribution in [2.45, 2.75) is 38.6 Å². The summed E-state index contributed by atoms with van der Waals surface area (Å²) in [6, 6.07) is 5.01. The monoisotopic (exact) mass is 281 g/mol. The predicted molar refractivity (Wildman–Crippen MR) is 77.3 cm³/mol. The van der Waals surface area contributed by atoms with Crippen molar-refractivity contribution < 1.29 is 14.2 Å². The Balaban J connectivity index is 1.87. The number of hydrogen-bond acceptors (Lipinski definition) is 3. The minimum Gasteiger partial charge on any atom is -0.494 e. The number of hydrogen-bond donors (Lipinski definition) is 2. The van der Waals surface area contributed by atoms with E-state index >= 15 is 0 Å². The Morgan fingerprint density at radius 3 is 2.65 bits per heavy atom. The summed E-state index contributed by atoms with van der Waals surface area (Å²) in [5, 5.41) is 13.0. The van der Waals surface area contributed by atoms with Gasteiger partial charge in [-0.1, -0.05) is 25.3 Å². The van der Waals surface area contributed by atoms with Crippen LogP contribution in [0.1, 0.15) is 37.7 Å². The topological polar surface area (TPSA) is 41.5 Å². The van der Waals surface area contributed by atoms with Gasteiger partial charge in [0.2, 0.25) is 0 Å². The van der Waals surface area contributed by atoms with Gasteiger partial charge in [0, 0.05) is 25.1 Å². The molecule has 20 heavy (non-hydrogen) atoms. The van der Waals surface area contributed by atoms with E-state index in [1.54, 1.807) is 6.07 Å². The van der Waals surface area contributed by atoms with Crippen molar-refractivity contribution in [2.24, 2.45) is 5.41 Å². The Hall–Kier alpha value is -1.13. The highest BCUT2D eigenvalue weighted by Crippen LogP contribution is 2.35. The second-order valence-electron chi connectivity index (χ2n) is 5.79. The highest BCUT2D eigenvalue weighted by Gasteiger charge is 2.30. The molecule has 0 aliphatic heterocycles. The van der Waals surface area contributed by atoms with Gasteiger partial charge in [0.15, 0.2) is 11.6 Å². The fourth-order valence-corrected chi connectivity index (χ4v) is 2.98. The van der Waals surface area contributed by atoms with Crippen molar-refractivity contribution in [1.29, 1.82) is 0 Å². The molecule has 2 rings (SSSR count). The molecule has 0 aromatic heterocycles. The van der Waals surface area contributed by atoms with E-state index in [4.69, 9.17) is 4.74 Å². The Morgan fingerprint density at radius 1 is 1.30 bits per heavy atom. The first kappa shape index (κ1) is 15.3. The normalized spacial score (nSPS) is 17.9. The number of nitrogens with one attached hydrogen (secondary N) is 1. The summed E-state index contributed by atoms with van der Waals surface area (Å²) in [7, 11) is 1.46. The quantitative estimate of drug-likeness (QED) is 0.842. The van der Waals surface area contributed by atoms with E-state index in [0.29, 0.717) is 6.54 Å². The summed E-state index contributed by atoms with van der Waals surface area (Å²) in [6.45, 7) is 1.64. The van der Waals surface area contributed by atoms with Gasteiger partial charge in [0.25, 0.3) is 0 Å². The van der Waals surface area contributed by atoms with Crippen molar-refractivity contribution in [1.82, 2.24) is 5.32 Å². The molecule has 1 aromatic carbocycles. The first-order valence-corrected chi connectivity index (χ1v) is 7.33. The fourth-order valence-electron chi connectivity index (χ4n) is 2.98. The molecule has 0 heterocycles. The Labute approximate surface area is 120 Å². The van der Waals surface area contributed by atoms with Gasteiger partial charge in [-0.25, -0.2) is 4.39 Å². The standard InChI is InChI=1S/C16H24FNO2/c1-20-15-6-5-13(9-14(15)17)10-18-11-16(12-19)7-3-2-4-8-16/h5-6,9,18-19H,2-4,7-8,10-12H2,1H3. The van der Waals surface area contributed by atoms with Crippen LogP contribution < -0.4 is 10.1 Å². The molecular weight excluding hydrogens is 257 g/mol. The van der Waals surface area contributed by atoms with Gasteiger partial charge in [0.1, 0.15) is 0 Å². The third-order valence-corrected chi connectivity index (χ3v) is 4.29. The lowest BCUT2D eigenvalue weighted by Gasteiger charge is -2.35. The summed E-state index contributed by atoms with van der Waals surface area (Å²) in [6.07, 6.45) is 5.81. The second-order valence-corrected chi connectivity index (χ2v) is 5.79. The van der Waals surface area contributed by atoms with Crippen molar-refractivity contribution in [2.75, 3.05) is 20.3 Å². The fraction of sp³-hybridized carbons (Fsp3) is 0.625. The second kappa shape index (κ2) is 7.04. The van der Waals surface area contributed by atoms with Gasteiger partial charge in [-0.05, 0) is 30.5 Å². The molecule has 112 valence electrons. The van der Waals surface area contributed by atoms with Crippen LogP contribution in [0, 0.1) is 11.2 Å². The minimum atomic E-state index is -0.332. The summed E-state index contributed by atoms with van der Waals surface area (Å²) in [5.41, 5.74) is 0.913. The molecule has 0 atom stereocenters. The lowest BCUT2D eigenvalue weighted by molar-refractivity contribution is 0.0810. The number of ether oxygens (including phenoxy) is 1. The maximum Gasteiger partial charge on any atom is 0.165 e. The van der Waals surface area contributed by atoms with E-state index in [-0.39, 0.29) is 23.6 Å². The average Bonchev–Trinajstić information content (AvgIpc) is 2.48. The van der Waals surface area contributed by atoms with Gasteiger partial charge in [-0.15, -0.1) is 0 Å². The van der Waals surface area contributed by atoms with Crippen LogP contribution >= 0.6 is 0 Å². The lowest BCUT2D eigenvalue weighted by atomic mass is 9.74. The molecule has 3 nitrogen and oxygen atoms in total. The SMILES string of the molecule is COc1ccc(CNCC2(CO)CCCCC2)cc1F. The molecule has 1 aromatic rings.